The van der Waals surface area contributed by atoms with E-state index in [-0.39, 0.29) is 46.0 Å². The van der Waals surface area contributed by atoms with Crippen LogP contribution in [0.15, 0.2) is 200 Å². The number of fused-ring (bicyclic) bond motifs is 4. The predicted molar refractivity (Wildman–Crippen MR) is 304 cm³/mol. The molecule has 0 fully saturated rings. The number of imidazole rings is 1. The van der Waals surface area contributed by atoms with Crippen molar-refractivity contribution in [3.8, 4) is 62.1 Å². The van der Waals surface area contributed by atoms with Crippen LogP contribution in [0.1, 0.15) is 85.9 Å². The minimum Gasteiger partial charge on any atom is -0.458 e. The Labute approximate surface area is 438 Å². The molecule has 362 valence electrons. The van der Waals surface area contributed by atoms with Crippen molar-refractivity contribution >= 4 is 32.8 Å². The summed E-state index contributed by atoms with van der Waals surface area (Å²) in [5, 5.41) is 2.20. The van der Waals surface area contributed by atoms with Crippen molar-refractivity contribution in [3.63, 3.8) is 0 Å². The molecule has 0 saturated heterocycles. The van der Waals surface area contributed by atoms with Crippen LogP contribution < -0.4 is 9.30 Å². The molecule has 11 aromatic rings. The summed E-state index contributed by atoms with van der Waals surface area (Å²) in [7, 11) is 0. The maximum Gasteiger partial charge on any atom is 0.269 e. The Hall–Kier alpha value is -8.02. The van der Waals surface area contributed by atoms with Gasteiger partial charge in [-0.05, 0) is 134 Å². The number of nitrogens with zero attached hydrogens (tertiary/aromatic N) is 4. The van der Waals surface area contributed by atoms with Gasteiger partial charge in [-0.25, -0.2) is 4.98 Å². The van der Waals surface area contributed by atoms with Gasteiger partial charge in [-0.2, -0.15) is 0 Å². The van der Waals surface area contributed by atoms with Crippen LogP contribution in [-0.4, -0.2) is 14.1 Å². The van der Waals surface area contributed by atoms with Crippen molar-refractivity contribution in [2.45, 2.75) is 80.6 Å². The Kier molecular flexibility index (Phi) is 10.6. The van der Waals surface area contributed by atoms with Crippen LogP contribution in [0.2, 0.25) is 0 Å². The number of hydrogen-bond acceptors (Lipinski definition) is 2. The number of para-hydroxylation sites is 3. The van der Waals surface area contributed by atoms with Crippen LogP contribution in [-0.2, 0) is 18.3 Å². The van der Waals surface area contributed by atoms with Crippen molar-refractivity contribution in [2.24, 2.45) is 10.8 Å². The summed E-state index contributed by atoms with van der Waals surface area (Å²) in [4.78, 5) is 4.95. The minimum atomic E-state index is -0.436. The van der Waals surface area contributed by atoms with Gasteiger partial charge in [0.2, 0.25) is 0 Å². The van der Waals surface area contributed by atoms with Crippen molar-refractivity contribution in [2.75, 3.05) is 0 Å². The molecule has 8 aromatic carbocycles. The standard InChI is InChI=1S/C68H64N4O/c1-66(2,3)43-46-36-47(44-67(4,5)6)38-51(37-46)57-27-19-26-56(49-22-14-11-15-23-49)65(57)71-45-70(61-28-16-17-29-62(61)71)53-24-18-25-54(41-53)73-55-31-32-58-59-39-50(48-20-12-10-13-21-48)30-33-60(59)72(63(58)42-55)64-40-52(34-35-69-64)68(7,8)9/h10-42H,43-44H2,1-9H3/i11D,14D,15D,22D,23D. The number of pyridine rings is 1. The average molecular weight is 958 g/mol. The van der Waals surface area contributed by atoms with Crippen LogP contribution in [0.3, 0.4) is 0 Å². The van der Waals surface area contributed by atoms with Gasteiger partial charge in [-0.1, -0.05) is 196 Å². The molecule has 0 amide bonds. The summed E-state index contributed by atoms with van der Waals surface area (Å²) < 4.78 is 57.7. The van der Waals surface area contributed by atoms with Gasteiger partial charge in [-0.15, -0.1) is 0 Å². The van der Waals surface area contributed by atoms with Gasteiger partial charge in [0, 0.05) is 23.0 Å². The molecule has 5 nitrogen and oxygen atoms in total. The molecule has 0 aliphatic heterocycles. The first-order valence-corrected chi connectivity index (χ1v) is 25.3. The van der Waals surface area contributed by atoms with Crippen LogP contribution in [0.4, 0.5) is 0 Å². The quantitative estimate of drug-likeness (QED) is 0.101. The molecule has 0 atom stereocenters. The first-order chi connectivity index (χ1) is 37.1. The lowest BCUT2D eigenvalue weighted by Crippen LogP contribution is -2.31. The summed E-state index contributed by atoms with van der Waals surface area (Å²) in [6, 6.07) is 54.6. The minimum absolute atomic E-state index is 0.0138. The first-order valence-electron chi connectivity index (χ1n) is 27.8. The summed E-state index contributed by atoms with van der Waals surface area (Å²) in [5.74, 6) is 2.11. The van der Waals surface area contributed by atoms with Crippen LogP contribution in [0.25, 0.3) is 83.4 Å². The fourth-order valence-electron chi connectivity index (χ4n) is 10.3. The molecule has 5 heteroatoms. The molecule has 0 radical (unpaired) electrons. The SMILES string of the molecule is [2H]c1c([2H])c([2H])c(-c2cccc(-c3cc(CC(C)(C)C)cc(CC(C)(C)C)c3)c2-[n+]2[c-]n(-c3cccc(Oc4ccc5c6cc(-c7ccccc7)ccc6n(-c6cc(C(C)(C)C)ccn6)c5c4)c3)c3ccccc32)c([2H])c1[2H]. The summed E-state index contributed by atoms with van der Waals surface area (Å²) in [6.07, 6.45) is 7.33. The maximum absolute atomic E-state index is 9.28. The second-order valence-electron chi connectivity index (χ2n) is 22.8. The number of benzene rings is 8. The van der Waals surface area contributed by atoms with Crippen molar-refractivity contribution in [1.29, 1.82) is 0 Å². The van der Waals surface area contributed by atoms with Gasteiger partial charge in [-0.3, -0.25) is 13.7 Å². The predicted octanol–water partition coefficient (Wildman–Crippen LogP) is 17.5. The van der Waals surface area contributed by atoms with E-state index in [0.717, 1.165) is 79.4 Å². The number of hydrogen-bond donors (Lipinski definition) is 0. The zero-order chi connectivity index (χ0) is 55.0. The third-order valence-electron chi connectivity index (χ3n) is 13.4. The molecule has 3 aromatic heterocycles. The molecule has 0 unspecified atom stereocenters. The van der Waals surface area contributed by atoms with Crippen molar-refractivity contribution < 1.29 is 16.2 Å². The van der Waals surface area contributed by atoms with Crippen LogP contribution in [0, 0.1) is 17.2 Å². The molecule has 3 heterocycles. The van der Waals surface area contributed by atoms with E-state index >= 15 is 0 Å². The van der Waals surface area contributed by atoms with Gasteiger partial charge >= 0.3 is 0 Å². The highest BCUT2D eigenvalue weighted by Crippen LogP contribution is 2.40. The normalized spacial score (nSPS) is 13.2. The lowest BCUT2D eigenvalue weighted by Gasteiger charge is -2.23. The van der Waals surface area contributed by atoms with Crippen LogP contribution >= 0.6 is 0 Å². The van der Waals surface area contributed by atoms with E-state index < -0.39 is 6.04 Å². The third kappa shape index (κ3) is 9.72. The second-order valence-corrected chi connectivity index (χ2v) is 22.8. The van der Waals surface area contributed by atoms with Gasteiger partial charge in [0.1, 0.15) is 17.3 Å². The molecule has 0 aliphatic carbocycles. The van der Waals surface area contributed by atoms with Crippen molar-refractivity contribution in [1.82, 2.24) is 14.1 Å². The topological polar surface area (TPSA) is 35.9 Å². The molecule has 0 bridgehead atoms. The first kappa shape index (κ1) is 41.6. The number of ether oxygens (including phenoxy) is 1. The summed E-state index contributed by atoms with van der Waals surface area (Å²) >= 11 is 0. The Morgan fingerprint density at radius 1 is 0.534 bits per heavy atom. The monoisotopic (exact) mass is 958 g/mol. The number of aromatic nitrogens is 4. The zero-order valence-electron chi connectivity index (χ0n) is 48.3. The Morgan fingerprint density at radius 3 is 1.95 bits per heavy atom. The fraction of sp³-hybridized carbons (Fsp3) is 0.206. The summed E-state index contributed by atoms with van der Waals surface area (Å²) in [6.45, 7) is 20.1. The highest BCUT2D eigenvalue weighted by molar-refractivity contribution is 6.10. The van der Waals surface area contributed by atoms with Gasteiger partial charge < -0.3 is 4.74 Å². The molecular weight excluding hydrogens is 889 g/mol. The second kappa shape index (κ2) is 18.5. The fourth-order valence-corrected chi connectivity index (χ4v) is 10.3. The molecule has 11 rings (SSSR count). The van der Waals surface area contributed by atoms with E-state index in [1.807, 2.05) is 88.1 Å². The third-order valence-corrected chi connectivity index (χ3v) is 13.4. The average Bonchev–Trinajstić information content (AvgIpc) is 4.17. The van der Waals surface area contributed by atoms with Crippen molar-refractivity contribution in [3.05, 3.63) is 223 Å². The summed E-state index contributed by atoms with van der Waals surface area (Å²) in [5.41, 5.74) is 13.4. The molecule has 0 spiro atoms. The van der Waals surface area contributed by atoms with Crippen LogP contribution in [0.5, 0.6) is 11.5 Å². The van der Waals surface area contributed by atoms with E-state index in [1.165, 1.54) is 16.7 Å². The number of rotatable bonds is 10. The highest BCUT2D eigenvalue weighted by Gasteiger charge is 2.24. The molecule has 73 heavy (non-hydrogen) atoms. The molecular formula is C68H64N4O. The zero-order valence-corrected chi connectivity index (χ0v) is 43.3. The van der Waals surface area contributed by atoms with E-state index in [0.29, 0.717) is 22.7 Å². The van der Waals surface area contributed by atoms with Gasteiger partial charge in [0.15, 0.2) is 0 Å². The van der Waals surface area contributed by atoms with E-state index in [2.05, 4.69) is 164 Å². The highest BCUT2D eigenvalue weighted by atomic mass is 16.5. The lowest BCUT2D eigenvalue weighted by atomic mass is 9.82. The molecule has 0 N–H and O–H groups in total. The lowest BCUT2D eigenvalue weighted by molar-refractivity contribution is -0.571. The largest absolute Gasteiger partial charge is 0.458 e. The molecule has 0 saturated carbocycles. The Bertz CT molecular complexity index is 4070. The van der Waals surface area contributed by atoms with E-state index in [9.17, 15) is 2.74 Å². The Balaban J connectivity index is 1.07. The van der Waals surface area contributed by atoms with E-state index in [4.69, 9.17) is 13.8 Å². The van der Waals surface area contributed by atoms with E-state index in [1.54, 1.807) is 0 Å². The smallest absolute Gasteiger partial charge is 0.269 e. The molecule has 0 aliphatic rings. The van der Waals surface area contributed by atoms with Gasteiger partial charge in [0.05, 0.1) is 40.3 Å². The van der Waals surface area contributed by atoms with Gasteiger partial charge in [0.25, 0.3) is 6.33 Å². The maximum atomic E-state index is 9.28. The Morgan fingerprint density at radius 2 is 1.22 bits per heavy atom.